The predicted octanol–water partition coefficient (Wildman–Crippen LogP) is 4.41. The summed E-state index contributed by atoms with van der Waals surface area (Å²) in [4.78, 5) is 10.4. The maximum absolute atomic E-state index is 10.9. The lowest BCUT2D eigenvalue weighted by Crippen LogP contribution is -2.18. The van der Waals surface area contributed by atoms with Crippen LogP contribution in [0.1, 0.15) is 29.7 Å². The highest BCUT2D eigenvalue weighted by atomic mass is 35.5. The third-order valence-corrected chi connectivity index (χ3v) is 3.72. The second kappa shape index (κ2) is 6.70. The summed E-state index contributed by atoms with van der Waals surface area (Å²) in [5.74, 6) is 0. The predicted molar refractivity (Wildman–Crippen MR) is 84.5 cm³/mol. The maximum Gasteiger partial charge on any atom is 0.288 e. The van der Waals surface area contributed by atoms with Crippen LogP contribution in [-0.2, 0) is 6.54 Å². The minimum atomic E-state index is -0.463. The number of benzene rings is 2. The molecule has 0 aliphatic heterocycles. The van der Waals surface area contributed by atoms with E-state index in [1.54, 1.807) is 12.1 Å². The van der Waals surface area contributed by atoms with Crippen LogP contribution >= 0.6 is 11.6 Å². The van der Waals surface area contributed by atoms with Crippen molar-refractivity contribution < 1.29 is 4.92 Å². The normalized spacial score (nSPS) is 12.1. The number of nitrogens with zero attached hydrogens (tertiary/aromatic N) is 1. The number of nitrogens with one attached hydrogen (secondary N) is 1. The van der Waals surface area contributed by atoms with Gasteiger partial charge in [-0.05, 0) is 31.0 Å². The summed E-state index contributed by atoms with van der Waals surface area (Å²) in [5.41, 5.74) is 3.19. The SMILES string of the molecule is Cc1ccc(C(C)NCc2ccc(Cl)c([N+](=O)[O-])c2)cc1. The maximum atomic E-state index is 10.9. The second-order valence-corrected chi connectivity index (χ2v) is 5.46. The summed E-state index contributed by atoms with van der Waals surface area (Å²) in [5, 5.41) is 14.4. The van der Waals surface area contributed by atoms with E-state index in [2.05, 4.69) is 43.4 Å². The van der Waals surface area contributed by atoms with Crippen molar-refractivity contribution in [1.29, 1.82) is 0 Å². The van der Waals surface area contributed by atoms with Crippen molar-refractivity contribution >= 4 is 17.3 Å². The van der Waals surface area contributed by atoms with Crippen molar-refractivity contribution in [2.24, 2.45) is 0 Å². The van der Waals surface area contributed by atoms with Crippen LogP contribution in [0.15, 0.2) is 42.5 Å². The van der Waals surface area contributed by atoms with Gasteiger partial charge < -0.3 is 5.32 Å². The van der Waals surface area contributed by atoms with Gasteiger partial charge in [-0.25, -0.2) is 0 Å². The Kier molecular flexibility index (Phi) is 4.94. The summed E-state index contributed by atoms with van der Waals surface area (Å²) in [7, 11) is 0. The summed E-state index contributed by atoms with van der Waals surface area (Å²) in [6.45, 7) is 4.66. The molecule has 21 heavy (non-hydrogen) atoms. The van der Waals surface area contributed by atoms with E-state index >= 15 is 0 Å². The van der Waals surface area contributed by atoms with Crippen molar-refractivity contribution in [3.05, 3.63) is 74.3 Å². The van der Waals surface area contributed by atoms with Crippen molar-refractivity contribution in [2.75, 3.05) is 0 Å². The topological polar surface area (TPSA) is 55.2 Å². The van der Waals surface area contributed by atoms with Crippen LogP contribution in [0.25, 0.3) is 0 Å². The van der Waals surface area contributed by atoms with Gasteiger partial charge in [0, 0.05) is 18.7 Å². The molecule has 0 spiro atoms. The van der Waals surface area contributed by atoms with Gasteiger partial charge in [-0.15, -0.1) is 0 Å². The number of rotatable bonds is 5. The molecule has 5 heteroatoms. The van der Waals surface area contributed by atoms with Gasteiger partial charge in [0.15, 0.2) is 0 Å². The van der Waals surface area contributed by atoms with E-state index in [9.17, 15) is 10.1 Å². The lowest BCUT2D eigenvalue weighted by molar-refractivity contribution is -0.384. The van der Waals surface area contributed by atoms with Crippen LogP contribution in [0, 0.1) is 17.0 Å². The van der Waals surface area contributed by atoms with E-state index in [-0.39, 0.29) is 16.8 Å². The monoisotopic (exact) mass is 304 g/mol. The fourth-order valence-electron chi connectivity index (χ4n) is 2.05. The number of hydrogen-bond acceptors (Lipinski definition) is 3. The average molecular weight is 305 g/mol. The molecule has 0 aromatic heterocycles. The van der Waals surface area contributed by atoms with Gasteiger partial charge in [0.25, 0.3) is 5.69 Å². The van der Waals surface area contributed by atoms with Crippen LogP contribution in [0.2, 0.25) is 5.02 Å². The Balaban J connectivity index is 2.04. The van der Waals surface area contributed by atoms with E-state index in [4.69, 9.17) is 11.6 Å². The summed E-state index contributed by atoms with van der Waals surface area (Å²) in [6, 6.07) is 13.3. The van der Waals surface area contributed by atoms with E-state index in [1.165, 1.54) is 17.2 Å². The number of hydrogen-bond donors (Lipinski definition) is 1. The van der Waals surface area contributed by atoms with Gasteiger partial charge in [-0.1, -0.05) is 47.5 Å². The smallest absolute Gasteiger partial charge is 0.288 e. The zero-order valence-corrected chi connectivity index (χ0v) is 12.7. The first-order valence-corrected chi connectivity index (χ1v) is 7.08. The largest absolute Gasteiger partial charge is 0.306 e. The third-order valence-electron chi connectivity index (χ3n) is 3.40. The van der Waals surface area contributed by atoms with Crippen molar-refractivity contribution in [1.82, 2.24) is 5.32 Å². The molecule has 0 aliphatic carbocycles. The summed E-state index contributed by atoms with van der Waals surface area (Å²) in [6.07, 6.45) is 0. The fourth-order valence-corrected chi connectivity index (χ4v) is 2.24. The molecule has 4 nitrogen and oxygen atoms in total. The molecule has 0 saturated carbocycles. The molecule has 0 bridgehead atoms. The van der Waals surface area contributed by atoms with Crippen molar-refractivity contribution in [3.8, 4) is 0 Å². The van der Waals surface area contributed by atoms with Gasteiger partial charge in [-0.2, -0.15) is 0 Å². The molecule has 1 N–H and O–H groups in total. The highest BCUT2D eigenvalue weighted by Crippen LogP contribution is 2.25. The Morgan fingerprint density at radius 1 is 1.24 bits per heavy atom. The lowest BCUT2D eigenvalue weighted by atomic mass is 10.1. The molecule has 0 aliphatic rings. The van der Waals surface area contributed by atoms with E-state index in [1.807, 2.05) is 0 Å². The minimum absolute atomic E-state index is 0.0565. The van der Waals surface area contributed by atoms with Crippen LogP contribution in [-0.4, -0.2) is 4.92 Å². The molecule has 2 aromatic rings. The van der Waals surface area contributed by atoms with Crippen LogP contribution in [0.3, 0.4) is 0 Å². The number of nitro benzene ring substituents is 1. The van der Waals surface area contributed by atoms with E-state index < -0.39 is 4.92 Å². The molecule has 0 saturated heterocycles. The number of halogens is 1. The van der Waals surface area contributed by atoms with Crippen LogP contribution in [0.5, 0.6) is 0 Å². The molecule has 1 unspecified atom stereocenters. The van der Waals surface area contributed by atoms with E-state index in [0.717, 1.165) is 5.56 Å². The first-order chi connectivity index (χ1) is 9.97. The molecule has 110 valence electrons. The van der Waals surface area contributed by atoms with Gasteiger partial charge >= 0.3 is 0 Å². The number of nitro groups is 1. The Hall–Kier alpha value is -1.91. The Labute approximate surface area is 128 Å². The highest BCUT2D eigenvalue weighted by molar-refractivity contribution is 6.32. The van der Waals surface area contributed by atoms with Gasteiger partial charge in [0.2, 0.25) is 0 Å². The first-order valence-electron chi connectivity index (χ1n) is 6.70. The Bertz CT molecular complexity index is 641. The van der Waals surface area contributed by atoms with Crippen molar-refractivity contribution in [2.45, 2.75) is 26.4 Å². The van der Waals surface area contributed by atoms with Gasteiger partial charge in [0.1, 0.15) is 5.02 Å². The second-order valence-electron chi connectivity index (χ2n) is 5.06. The highest BCUT2D eigenvalue weighted by Gasteiger charge is 2.13. The standard InChI is InChI=1S/C16H17ClN2O2/c1-11-3-6-14(7-4-11)12(2)18-10-13-5-8-15(17)16(9-13)19(20)21/h3-9,12,18H,10H2,1-2H3. The van der Waals surface area contributed by atoms with Gasteiger partial charge in [-0.3, -0.25) is 10.1 Å². The minimum Gasteiger partial charge on any atom is -0.306 e. The van der Waals surface area contributed by atoms with Crippen LogP contribution in [0.4, 0.5) is 5.69 Å². The molecule has 0 heterocycles. The molecule has 2 rings (SSSR count). The molecular formula is C16H17ClN2O2. The Morgan fingerprint density at radius 3 is 2.52 bits per heavy atom. The zero-order valence-electron chi connectivity index (χ0n) is 12.0. The van der Waals surface area contributed by atoms with Crippen molar-refractivity contribution in [3.63, 3.8) is 0 Å². The Morgan fingerprint density at radius 2 is 1.90 bits per heavy atom. The molecule has 2 aromatic carbocycles. The molecule has 1 atom stereocenters. The van der Waals surface area contributed by atoms with Gasteiger partial charge in [0.05, 0.1) is 4.92 Å². The molecular weight excluding hydrogens is 288 g/mol. The number of aryl methyl sites for hydroxylation is 1. The summed E-state index contributed by atoms with van der Waals surface area (Å²) >= 11 is 5.80. The zero-order chi connectivity index (χ0) is 15.4. The first kappa shape index (κ1) is 15.5. The quantitative estimate of drug-likeness (QED) is 0.657. The fraction of sp³-hybridized carbons (Fsp3) is 0.250. The molecule has 0 amide bonds. The summed E-state index contributed by atoms with van der Waals surface area (Å²) < 4.78 is 0. The van der Waals surface area contributed by atoms with E-state index in [0.29, 0.717) is 6.54 Å². The lowest BCUT2D eigenvalue weighted by Gasteiger charge is -2.14. The molecule has 0 fully saturated rings. The molecule has 0 radical (unpaired) electrons. The third kappa shape index (κ3) is 4.03. The van der Waals surface area contributed by atoms with Crippen LogP contribution < -0.4 is 5.32 Å². The average Bonchev–Trinajstić information content (AvgIpc) is 2.46.